The van der Waals surface area contributed by atoms with Crippen LogP contribution < -0.4 is 16.0 Å². The number of nitrogens with zero attached hydrogens (tertiary/aromatic N) is 1. The molecule has 1 atom stereocenters. The smallest absolute Gasteiger partial charge is 0.272 e. The Bertz CT molecular complexity index is 2190. The Labute approximate surface area is 309 Å². The number of carbonyl (C=O) groups excluding carboxylic acids is 3. The number of thioether (sulfide) groups is 1. The molecule has 5 aromatic carbocycles. The lowest BCUT2D eigenvalue weighted by atomic mass is 10.1. The molecule has 0 bridgehead atoms. The number of hydrogen-bond acceptors (Lipinski definition) is 6. The highest BCUT2D eigenvalue weighted by Gasteiger charge is 2.24. The maximum atomic E-state index is 13.8. The third-order valence-electron chi connectivity index (χ3n) is 7.79. The summed E-state index contributed by atoms with van der Waals surface area (Å²) in [6, 6.07) is 40.6. The van der Waals surface area contributed by atoms with Crippen LogP contribution in [0.4, 0.5) is 10.8 Å². The molecule has 6 aromatic rings. The number of nitrogens with one attached hydrogen (secondary N) is 3. The second-order valence-corrected chi connectivity index (χ2v) is 14.4. The van der Waals surface area contributed by atoms with Gasteiger partial charge in [-0.3, -0.25) is 14.4 Å². The first-order valence-corrected chi connectivity index (χ1v) is 18.1. The van der Waals surface area contributed by atoms with Crippen LogP contribution in [0.15, 0.2) is 144 Å². The summed E-state index contributed by atoms with van der Waals surface area (Å²) in [7, 11) is 0. The van der Waals surface area contributed by atoms with Crippen LogP contribution >= 0.6 is 34.7 Å². The third kappa shape index (κ3) is 9.20. The first kappa shape index (κ1) is 35.3. The molecule has 3 N–H and O–H groups in total. The quantitative estimate of drug-likeness (QED) is 0.0911. The van der Waals surface area contributed by atoms with Crippen molar-refractivity contribution in [2.24, 2.45) is 0 Å². The van der Waals surface area contributed by atoms with Crippen LogP contribution in [0, 0.1) is 13.8 Å². The van der Waals surface area contributed by atoms with E-state index < -0.39 is 17.1 Å². The van der Waals surface area contributed by atoms with Crippen LogP contribution in [-0.4, -0.2) is 22.7 Å². The zero-order valence-corrected chi connectivity index (χ0v) is 30.1. The summed E-state index contributed by atoms with van der Waals surface area (Å²) in [5, 5.41) is 9.05. The number of thiazole rings is 1. The average molecular weight is 729 g/mol. The van der Waals surface area contributed by atoms with Crippen molar-refractivity contribution in [3.8, 4) is 11.3 Å². The number of anilines is 2. The molecule has 0 fully saturated rings. The van der Waals surface area contributed by atoms with Gasteiger partial charge < -0.3 is 16.0 Å². The molecule has 0 aliphatic rings. The van der Waals surface area contributed by atoms with Gasteiger partial charge >= 0.3 is 0 Å². The van der Waals surface area contributed by atoms with Crippen molar-refractivity contribution in [1.29, 1.82) is 0 Å². The maximum Gasteiger partial charge on any atom is 0.272 e. The molecule has 1 heterocycles. The Hall–Kier alpha value is -5.48. The molecule has 0 saturated heterocycles. The SMILES string of the molecule is Cc1ccc(-c2nc(NC(=O)C(Sc3ccc(NC(=O)/C(=C/c4ccccc4Cl)NC(=O)c4ccccc4)cc3)c3ccccc3)sc2C)cc1. The molecule has 10 heteroatoms. The van der Waals surface area contributed by atoms with Crippen molar-refractivity contribution >= 4 is 69.3 Å². The summed E-state index contributed by atoms with van der Waals surface area (Å²) in [5.74, 6) is -1.15. The van der Waals surface area contributed by atoms with Crippen molar-refractivity contribution in [2.75, 3.05) is 10.6 Å². The third-order valence-corrected chi connectivity index (χ3v) is 10.3. The molecule has 0 saturated carbocycles. The number of hydrogen-bond donors (Lipinski definition) is 3. The minimum Gasteiger partial charge on any atom is -0.321 e. The second kappa shape index (κ2) is 16.5. The second-order valence-electron chi connectivity index (χ2n) is 11.6. The normalized spacial score (nSPS) is 11.8. The molecule has 7 nitrogen and oxygen atoms in total. The van der Waals surface area contributed by atoms with E-state index in [0.29, 0.717) is 27.0 Å². The number of aryl methyl sites for hydroxylation is 2. The fourth-order valence-corrected chi connectivity index (χ4v) is 7.20. The fourth-order valence-electron chi connectivity index (χ4n) is 5.14. The number of amides is 3. The van der Waals surface area contributed by atoms with Crippen molar-refractivity contribution < 1.29 is 14.4 Å². The van der Waals surface area contributed by atoms with Crippen molar-refractivity contribution in [1.82, 2.24) is 10.3 Å². The van der Waals surface area contributed by atoms with Gasteiger partial charge in [0.15, 0.2) is 5.13 Å². The lowest BCUT2D eigenvalue weighted by molar-refractivity contribution is -0.116. The fraction of sp³-hybridized carbons (Fsp3) is 0.0732. The van der Waals surface area contributed by atoms with Gasteiger partial charge in [-0.1, -0.05) is 108 Å². The molecular weight excluding hydrogens is 696 g/mol. The Morgan fingerprint density at radius 2 is 1.41 bits per heavy atom. The minimum absolute atomic E-state index is 0.0270. The van der Waals surface area contributed by atoms with E-state index in [1.165, 1.54) is 28.7 Å². The molecule has 0 radical (unpaired) electrons. The predicted molar refractivity (Wildman–Crippen MR) is 209 cm³/mol. The maximum absolute atomic E-state index is 13.8. The lowest BCUT2D eigenvalue weighted by Crippen LogP contribution is -2.30. The van der Waals surface area contributed by atoms with Crippen molar-refractivity contribution in [3.05, 3.63) is 171 Å². The van der Waals surface area contributed by atoms with Gasteiger partial charge in [-0.25, -0.2) is 4.98 Å². The van der Waals surface area contributed by atoms with E-state index in [1.54, 1.807) is 66.7 Å². The monoisotopic (exact) mass is 728 g/mol. The summed E-state index contributed by atoms with van der Waals surface area (Å²) in [5.41, 5.74) is 5.38. The first-order valence-electron chi connectivity index (χ1n) is 16.0. The first-order chi connectivity index (χ1) is 24.7. The number of benzene rings is 5. The van der Waals surface area contributed by atoms with Gasteiger partial charge in [0.2, 0.25) is 5.91 Å². The van der Waals surface area contributed by atoms with Crippen LogP contribution in [0.3, 0.4) is 0 Å². The van der Waals surface area contributed by atoms with E-state index >= 15 is 0 Å². The highest BCUT2D eigenvalue weighted by Crippen LogP contribution is 2.38. The predicted octanol–water partition coefficient (Wildman–Crippen LogP) is 9.96. The Morgan fingerprint density at radius 1 is 0.765 bits per heavy atom. The van der Waals surface area contributed by atoms with Gasteiger partial charge in [-0.05, 0) is 73.5 Å². The number of carbonyl (C=O) groups is 3. The van der Waals surface area contributed by atoms with E-state index in [0.717, 1.165) is 26.6 Å². The van der Waals surface area contributed by atoms with E-state index in [4.69, 9.17) is 16.6 Å². The van der Waals surface area contributed by atoms with Crippen LogP contribution in [0.25, 0.3) is 17.3 Å². The molecule has 0 aliphatic carbocycles. The van der Waals surface area contributed by atoms with Gasteiger partial charge in [0.1, 0.15) is 10.9 Å². The molecule has 0 aliphatic heterocycles. The largest absolute Gasteiger partial charge is 0.321 e. The number of aromatic nitrogens is 1. The molecule has 0 spiro atoms. The van der Waals surface area contributed by atoms with Gasteiger partial charge in [-0.2, -0.15) is 0 Å². The van der Waals surface area contributed by atoms with E-state index in [2.05, 4.69) is 16.0 Å². The molecule has 254 valence electrons. The van der Waals surface area contributed by atoms with E-state index in [-0.39, 0.29) is 11.6 Å². The topological polar surface area (TPSA) is 100 Å². The van der Waals surface area contributed by atoms with E-state index in [1.807, 2.05) is 86.6 Å². The summed E-state index contributed by atoms with van der Waals surface area (Å²) in [4.78, 5) is 46.9. The lowest BCUT2D eigenvalue weighted by Gasteiger charge is -2.17. The Morgan fingerprint density at radius 3 is 2.10 bits per heavy atom. The molecule has 6 rings (SSSR count). The summed E-state index contributed by atoms with van der Waals surface area (Å²) in [6.07, 6.45) is 1.54. The zero-order valence-electron chi connectivity index (χ0n) is 27.7. The van der Waals surface area contributed by atoms with Gasteiger partial charge in [0.25, 0.3) is 11.8 Å². The van der Waals surface area contributed by atoms with Crippen LogP contribution in [0.2, 0.25) is 5.02 Å². The Balaban J connectivity index is 1.18. The number of rotatable bonds is 11. The Kier molecular flexibility index (Phi) is 11.4. The standard InChI is InChI=1S/C41H33ClN4O3S2/c1-26-17-19-28(20-18-26)36-27(2)50-41(45-36)46-40(49)37(29-11-5-3-6-12-29)51-33-23-21-32(22-24-33)43-39(48)35(25-31-15-9-10-16-34(31)42)44-38(47)30-13-7-4-8-14-30/h3-25,37H,1-2H3,(H,43,48)(H,44,47)(H,45,46,49)/b35-25-. The molecule has 51 heavy (non-hydrogen) atoms. The van der Waals surface area contributed by atoms with Crippen LogP contribution in [0.1, 0.15) is 37.2 Å². The molecular formula is C41H33ClN4O3S2. The van der Waals surface area contributed by atoms with Gasteiger partial charge in [-0.15, -0.1) is 23.1 Å². The van der Waals surface area contributed by atoms with Crippen molar-refractivity contribution in [3.63, 3.8) is 0 Å². The van der Waals surface area contributed by atoms with Crippen molar-refractivity contribution in [2.45, 2.75) is 24.0 Å². The zero-order chi connectivity index (χ0) is 35.7. The summed E-state index contributed by atoms with van der Waals surface area (Å²) >= 11 is 9.21. The molecule has 3 amide bonds. The van der Waals surface area contributed by atoms with Crippen LogP contribution in [-0.2, 0) is 9.59 Å². The minimum atomic E-state index is -0.572. The summed E-state index contributed by atoms with van der Waals surface area (Å²) < 4.78 is 0. The van der Waals surface area contributed by atoms with E-state index in [9.17, 15) is 14.4 Å². The van der Waals surface area contributed by atoms with Gasteiger partial charge in [0.05, 0.1) is 5.69 Å². The number of halogens is 1. The average Bonchev–Trinajstić information content (AvgIpc) is 3.51. The highest BCUT2D eigenvalue weighted by molar-refractivity contribution is 8.00. The summed E-state index contributed by atoms with van der Waals surface area (Å²) in [6.45, 7) is 4.04. The highest BCUT2D eigenvalue weighted by atomic mass is 35.5. The van der Waals surface area contributed by atoms with Crippen LogP contribution in [0.5, 0.6) is 0 Å². The molecule has 1 aromatic heterocycles. The molecule has 1 unspecified atom stereocenters. The van der Waals surface area contributed by atoms with Gasteiger partial charge in [0, 0.05) is 31.6 Å².